The van der Waals surface area contributed by atoms with Crippen LogP contribution in [0.5, 0.6) is 0 Å². The minimum atomic E-state index is -4.42. The molecule has 2 aromatic rings. The molecule has 0 bridgehead atoms. The maximum atomic E-state index is 13.3. The van der Waals surface area contributed by atoms with Crippen molar-refractivity contribution < 1.29 is 13.2 Å². The van der Waals surface area contributed by atoms with Crippen LogP contribution in [-0.4, -0.2) is 4.98 Å². The van der Waals surface area contributed by atoms with Gasteiger partial charge in [-0.25, -0.2) is 4.98 Å². The average molecular weight is 277 g/mol. The molecule has 1 aliphatic carbocycles. The molecule has 4 heteroatoms. The smallest absolute Gasteiger partial charge is 0.247 e. The number of halogens is 3. The van der Waals surface area contributed by atoms with E-state index >= 15 is 0 Å². The summed E-state index contributed by atoms with van der Waals surface area (Å²) in [6, 6.07) is 8.72. The third-order valence-electron chi connectivity index (χ3n) is 3.83. The minimum absolute atomic E-state index is 0.235. The maximum Gasteiger partial charge on any atom is 0.433 e. The van der Waals surface area contributed by atoms with Crippen LogP contribution in [0.2, 0.25) is 0 Å². The maximum absolute atomic E-state index is 13.3. The number of hydrogen-bond donors (Lipinski definition) is 0. The van der Waals surface area contributed by atoms with Crippen molar-refractivity contribution in [2.24, 2.45) is 0 Å². The molecule has 1 aromatic carbocycles. The Morgan fingerprint density at radius 2 is 1.75 bits per heavy atom. The Labute approximate surface area is 115 Å². The Hall–Kier alpha value is -1.84. The van der Waals surface area contributed by atoms with Gasteiger partial charge >= 0.3 is 6.18 Å². The lowest BCUT2D eigenvalue weighted by atomic mass is 9.94. The van der Waals surface area contributed by atoms with Crippen LogP contribution in [0.15, 0.2) is 30.3 Å². The van der Waals surface area contributed by atoms with Crippen molar-refractivity contribution in [3.05, 3.63) is 52.8 Å². The fourth-order valence-corrected chi connectivity index (χ4v) is 2.94. The summed E-state index contributed by atoms with van der Waals surface area (Å²) in [4.78, 5) is 3.94. The summed E-state index contributed by atoms with van der Waals surface area (Å²) in [6.07, 6.45) is -2.06. The van der Waals surface area contributed by atoms with E-state index in [1.807, 2.05) is 0 Å². The zero-order valence-electron chi connectivity index (χ0n) is 11.1. The van der Waals surface area contributed by atoms with Crippen LogP contribution >= 0.6 is 0 Å². The van der Waals surface area contributed by atoms with Gasteiger partial charge in [0.1, 0.15) is 0 Å². The molecule has 1 aliphatic rings. The second-order valence-corrected chi connectivity index (χ2v) is 5.10. The summed E-state index contributed by atoms with van der Waals surface area (Å²) in [5.41, 5.74) is 2.41. The standard InChI is InChI=1S/C16H14F3N/c1-10-12-8-5-9-13(12)20-15(16(17,18)19)14(10)11-6-3-2-4-7-11/h2-4,6-7H,5,8-9H2,1H3. The number of aryl methyl sites for hydroxylation is 1. The predicted octanol–water partition coefficient (Wildman–Crippen LogP) is 4.56. The number of benzene rings is 1. The van der Waals surface area contributed by atoms with Gasteiger partial charge in [-0.2, -0.15) is 13.2 Å². The van der Waals surface area contributed by atoms with Crippen LogP contribution in [0.1, 0.15) is 28.9 Å². The largest absolute Gasteiger partial charge is 0.433 e. The van der Waals surface area contributed by atoms with Gasteiger partial charge < -0.3 is 0 Å². The molecule has 0 aliphatic heterocycles. The van der Waals surface area contributed by atoms with Crippen LogP contribution in [0.25, 0.3) is 11.1 Å². The number of aromatic nitrogens is 1. The number of fused-ring (bicyclic) bond motifs is 1. The fourth-order valence-electron chi connectivity index (χ4n) is 2.94. The molecule has 0 radical (unpaired) electrons. The monoisotopic (exact) mass is 277 g/mol. The molecule has 20 heavy (non-hydrogen) atoms. The van der Waals surface area contributed by atoms with E-state index in [2.05, 4.69) is 4.98 Å². The first-order valence-electron chi connectivity index (χ1n) is 6.63. The summed E-state index contributed by atoms with van der Waals surface area (Å²) >= 11 is 0. The lowest BCUT2D eigenvalue weighted by Gasteiger charge is -2.18. The molecule has 0 N–H and O–H groups in total. The van der Waals surface area contributed by atoms with Crippen LogP contribution in [0.3, 0.4) is 0 Å². The molecule has 0 saturated heterocycles. The first-order valence-corrected chi connectivity index (χ1v) is 6.63. The van der Waals surface area contributed by atoms with Gasteiger partial charge in [-0.1, -0.05) is 30.3 Å². The van der Waals surface area contributed by atoms with Crippen LogP contribution in [0, 0.1) is 6.92 Å². The SMILES string of the molecule is Cc1c2c(nc(C(F)(F)F)c1-c1ccccc1)CCC2. The van der Waals surface area contributed by atoms with Crippen molar-refractivity contribution in [2.45, 2.75) is 32.4 Å². The van der Waals surface area contributed by atoms with Gasteiger partial charge in [0.2, 0.25) is 0 Å². The Bertz CT molecular complexity index is 645. The van der Waals surface area contributed by atoms with Gasteiger partial charge in [0.05, 0.1) is 0 Å². The molecule has 3 rings (SSSR count). The van der Waals surface area contributed by atoms with Crippen molar-refractivity contribution >= 4 is 0 Å². The van der Waals surface area contributed by atoms with E-state index < -0.39 is 11.9 Å². The zero-order valence-corrected chi connectivity index (χ0v) is 11.1. The molecule has 0 saturated carbocycles. The number of pyridine rings is 1. The quantitative estimate of drug-likeness (QED) is 0.744. The first-order chi connectivity index (χ1) is 9.48. The highest BCUT2D eigenvalue weighted by atomic mass is 19.4. The van der Waals surface area contributed by atoms with E-state index in [1.54, 1.807) is 37.3 Å². The Morgan fingerprint density at radius 1 is 1.05 bits per heavy atom. The molecular formula is C16H14F3N. The second kappa shape index (κ2) is 4.62. The van der Waals surface area contributed by atoms with Crippen molar-refractivity contribution in [3.8, 4) is 11.1 Å². The van der Waals surface area contributed by atoms with Gasteiger partial charge in [-0.15, -0.1) is 0 Å². The highest BCUT2D eigenvalue weighted by Crippen LogP contribution is 2.41. The van der Waals surface area contributed by atoms with E-state index in [0.29, 0.717) is 17.7 Å². The molecule has 0 fully saturated rings. The van der Waals surface area contributed by atoms with Crippen LogP contribution in [-0.2, 0) is 19.0 Å². The van der Waals surface area contributed by atoms with Gasteiger partial charge in [-0.3, -0.25) is 0 Å². The van der Waals surface area contributed by atoms with Crippen molar-refractivity contribution in [2.75, 3.05) is 0 Å². The molecule has 1 heterocycles. The van der Waals surface area contributed by atoms with Gasteiger partial charge in [0.15, 0.2) is 5.69 Å². The third kappa shape index (κ3) is 2.09. The van der Waals surface area contributed by atoms with Crippen molar-refractivity contribution in [3.63, 3.8) is 0 Å². The van der Waals surface area contributed by atoms with Gasteiger partial charge in [0.25, 0.3) is 0 Å². The summed E-state index contributed by atoms with van der Waals surface area (Å²) in [7, 11) is 0. The highest BCUT2D eigenvalue weighted by Gasteiger charge is 2.38. The molecule has 104 valence electrons. The number of nitrogens with zero attached hydrogens (tertiary/aromatic N) is 1. The van der Waals surface area contributed by atoms with Gasteiger partial charge in [-0.05, 0) is 42.9 Å². The van der Waals surface area contributed by atoms with Crippen molar-refractivity contribution in [1.82, 2.24) is 4.98 Å². The zero-order chi connectivity index (χ0) is 14.3. The minimum Gasteiger partial charge on any atom is -0.247 e. The van der Waals surface area contributed by atoms with Crippen LogP contribution in [0.4, 0.5) is 13.2 Å². The van der Waals surface area contributed by atoms with E-state index in [0.717, 1.165) is 24.0 Å². The molecule has 0 atom stereocenters. The molecule has 0 spiro atoms. The molecule has 1 nitrogen and oxygen atoms in total. The van der Waals surface area contributed by atoms with Crippen LogP contribution < -0.4 is 0 Å². The lowest BCUT2D eigenvalue weighted by molar-refractivity contribution is -0.140. The number of rotatable bonds is 1. The normalized spacial score (nSPS) is 14.4. The Morgan fingerprint density at radius 3 is 2.40 bits per heavy atom. The van der Waals surface area contributed by atoms with E-state index in [9.17, 15) is 13.2 Å². The summed E-state index contributed by atoms with van der Waals surface area (Å²) in [5, 5.41) is 0. The Balaban J connectivity index is 2.32. The molecule has 0 amide bonds. The van der Waals surface area contributed by atoms with Gasteiger partial charge in [0, 0.05) is 11.3 Å². The average Bonchev–Trinajstić information content (AvgIpc) is 2.87. The fraction of sp³-hybridized carbons (Fsp3) is 0.312. The second-order valence-electron chi connectivity index (χ2n) is 5.10. The highest BCUT2D eigenvalue weighted by molar-refractivity contribution is 5.72. The van der Waals surface area contributed by atoms with E-state index in [-0.39, 0.29) is 5.56 Å². The number of hydrogen-bond acceptors (Lipinski definition) is 1. The summed E-state index contributed by atoms with van der Waals surface area (Å²) in [6.45, 7) is 1.78. The summed E-state index contributed by atoms with van der Waals surface area (Å²) in [5.74, 6) is 0. The number of alkyl halides is 3. The molecule has 1 aromatic heterocycles. The van der Waals surface area contributed by atoms with E-state index in [4.69, 9.17) is 0 Å². The predicted molar refractivity (Wildman–Crippen MR) is 71.4 cm³/mol. The topological polar surface area (TPSA) is 12.9 Å². The Kier molecular flexibility index (Phi) is 3.04. The van der Waals surface area contributed by atoms with E-state index in [1.165, 1.54) is 0 Å². The molecule has 0 unspecified atom stereocenters. The van der Waals surface area contributed by atoms with Crippen molar-refractivity contribution in [1.29, 1.82) is 0 Å². The first kappa shape index (κ1) is 13.2. The summed E-state index contributed by atoms with van der Waals surface area (Å²) < 4.78 is 40.0. The molecular weight excluding hydrogens is 263 g/mol. The third-order valence-corrected chi connectivity index (χ3v) is 3.83. The lowest BCUT2D eigenvalue weighted by Crippen LogP contribution is -2.14.